The minimum atomic E-state index is -1.03. The number of carbonyl (C=O) groups excluding carboxylic acids is 1. The summed E-state index contributed by atoms with van der Waals surface area (Å²) in [5, 5.41) is 17.1. The topological polar surface area (TPSA) is 105 Å². The molecule has 0 aliphatic rings. The fraction of sp³-hybridized carbons (Fsp3) is 0.0833. The van der Waals surface area contributed by atoms with Crippen LogP contribution in [-0.4, -0.2) is 33.5 Å². The number of hydrogen-bond donors (Lipinski definition) is 2. The van der Waals surface area contributed by atoms with Gasteiger partial charge in [-0.15, -0.1) is 0 Å². The number of rotatable bonds is 8. The van der Waals surface area contributed by atoms with Gasteiger partial charge in [-0.3, -0.25) is 9.78 Å². The van der Waals surface area contributed by atoms with Crippen LogP contribution in [-0.2, 0) is 0 Å². The molecule has 0 unspecified atom stereocenters. The van der Waals surface area contributed by atoms with Crippen LogP contribution in [0.4, 0.5) is 5.69 Å². The lowest BCUT2D eigenvalue weighted by molar-refractivity contribution is 0.0696. The molecular weight excluding hydrogens is 465 g/mol. The molecule has 0 saturated carbocycles. The van der Waals surface area contributed by atoms with Gasteiger partial charge in [0.25, 0.3) is 0 Å². The van der Waals surface area contributed by atoms with E-state index in [2.05, 4.69) is 15.5 Å². The van der Waals surface area contributed by atoms with Gasteiger partial charge in [0.2, 0.25) is 0 Å². The van der Waals surface area contributed by atoms with Crippen molar-refractivity contribution in [2.75, 3.05) is 11.9 Å². The number of Topliss-reactive ketones (excluding diaryl/α,β-unsaturated/α-hetero) is 1. The van der Waals surface area contributed by atoms with E-state index in [0.717, 1.165) is 5.69 Å². The predicted molar refractivity (Wildman–Crippen MR) is 126 cm³/mol. The van der Waals surface area contributed by atoms with Crippen LogP contribution in [0, 0.1) is 0 Å². The highest BCUT2D eigenvalue weighted by molar-refractivity contribution is 6.39. The number of benzene rings is 2. The van der Waals surface area contributed by atoms with Crippen molar-refractivity contribution in [1.29, 1.82) is 0 Å². The Morgan fingerprint density at radius 2 is 1.64 bits per heavy atom. The van der Waals surface area contributed by atoms with Crippen LogP contribution in [0.5, 0.6) is 0 Å². The van der Waals surface area contributed by atoms with Gasteiger partial charge in [0.15, 0.2) is 11.5 Å². The van der Waals surface area contributed by atoms with Gasteiger partial charge in [-0.1, -0.05) is 46.6 Å². The Bertz CT molecular complexity index is 1300. The van der Waals surface area contributed by atoms with Gasteiger partial charge in [-0.25, -0.2) is 4.79 Å². The minimum Gasteiger partial charge on any atom is -0.478 e. The van der Waals surface area contributed by atoms with Gasteiger partial charge in [0.1, 0.15) is 11.4 Å². The van der Waals surface area contributed by atoms with Crippen molar-refractivity contribution in [3.63, 3.8) is 0 Å². The summed E-state index contributed by atoms with van der Waals surface area (Å²) in [6.45, 7) is 0.389. The second kappa shape index (κ2) is 9.85. The smallest absolute Gasteiger partial charge is 0.335 e. The molecule has 2 N–H and O–H groups in total. The first-order chi connectivity index (χ1) is 15.9. The molecule has 0 aliphatic carbocycles. The number of carboxylic acid groups (broad SMARTS) is 1. The largest absolute Gasteiger partial charge is 0.478 e. The van der Waals surface area contributed by atoms with E-state index >= 15 is 0 Å². The summed E-state index contributed by atoms with van der Waals surface area (Å²) < 4.78 is 5.44. The van der Waals surface area contributed by atoms with Crippen molar-refractivity contribution in [2.24, 2.45) is 0 Å². The molecular formula is C24H17Cl2N3O4. The molecule has 9 heteroatoms. The zero-order valence-corrected chi connectivity index (χ0v) is 18.6. The molecule has 2 aromatic heterocycles. The third kappa shape index (κ3) is 5.22. The van der Waals surface area contributed by atoms with Gasteiger partial charge in [0, 0.05) is 42.0 Å². The lowest BCUT2D eigenvalue weighted by Crippen LogP contribution is -2.09. The molecule has 0 fully saturated rings. The Balaban J connectivity index is 1.41. The Labute approximate surface area is 199 Å². The van der Waals surface area contributed by atoms with Gasteiger partial charge in [0.05, 0.1) is 15.6 Å². The van der Waals surface area contributed by atoms with Gasteiger partial charge in [-0.05, 0) is 36.4 Å². The second-order valence-electron chi connectivity index (χ2n) is 7.09. The first-order valence-electron chi connectivity index (χ1n) is 9.90. The van der Waals surface area contributed by atoms with Gasteiger partial charge < -0.3 is 14.9 Å². The molecule has 0 radical (unpaired) electrons. The highest BCUT2D eigenvalue weighted by atomic mass is 35.5. The van der Waals surface area contributed by atoms with E-state index in [4.69, 9.17) is 32.8 Å². The zero-order valence-electron chi connectivity index (χ0n) is 17.1. The number of halogens is 2. The quantitative estimate of drug-likeness (QED) is 0.293. The zero-order chi connectivity index (χ0) is 23.4. The number of carboxylic acids is 1. The van der Waals surface area contributed by atoms with Crippen molar-refractivity contribution < 1.29 is 19.2 Å². The molecule has 2 heterocycles. The standard InChI is InChI=1S/C24H17Cl2N3O4/c25-17-2-1-3-18(26)23(17)20-13-22(33-29-20)19-12-16(8-10-28-19)27-11-9-21(30)14-4-6-15(7-5-14)24(31)32/h1-8,10,12-13H,9,11H2,(H,27,28)(H,31,32). The summed E-state index contributed by atoms with van der Waals surface area (Å²) >= 11 is 12.5. The third-order valence-corrected chi connectivity index (χ3v) is 5.51. The number of aromatic nitrogens is 2. The molecule has 7 nitrogen and oxygen atoms in total. The Hall–Kier alpha value is -3.68. The molecule has 4 aromatic rings. The summed E-state index contributed by atoms with van der Waals surface area (Å²) in [5.74, 6) is -0.678. The molecule has 33 heavy (non-hydrogen) atoms. The van der Waals surface area contributed by atoms with Crippen LogP contribution < -0.4 is 5.32 Å². The highest BCUT2D eigenvalue weighted by Gasteiger charge is 2.15. The Morgan fingerprint density at radius 3 is 2.33 bits per heavy atom. The summed E-state index contributed by atoms with van der Waals surface area (Å²) in [5.41, 5.74) is 2.99. The van der Waals surface area contributed by atoms with E-state index in [1.54, 1.807) is 42.6 Å². The number of nitrogens with one attached hydrogen (secondary N) is 1. The Morgan fingerprint density at radius 1 is 0.939 bits per heavy atom. The van der Waals surface area contributed by atoms with Crippen LogP contribution in [0.15, 0.2) is 71.4 Å². The summed E-state index contributed by atoms with van der Waals surface area (Å²) in [7, 11) is 0. The number of nitrogens with zero attached hydrogens (tertiary/aromatic N) is 2. The van der Waals surface area contributed by atoms with Crippen LogP contribution in [0.2, 0.25) is 10.0 Å². The predicted octanol–water partition coefficient (Wildman–Crippen LogP) is 6.09. The molecule has 0 spiro atoms. The summed E-state index contributed by atoms with van der Waals surface area (Å²) in [6.07, 6.45) is 1.86. The van der Waals surface area contributed by atoms with E-state index in [1.165, 1.54) is 24.3 Å². The Kier molecular flexibility index (Phi) is 6.72. The average molecular weight is 482 g/mol. The number of aromatic carboxylic acids is 1. The minimum absolute atomic E-state index is 0.0924. The fourth-order valence-electron chi connectivity index (χ4n) is 3.19. The average Bonchev–Trinajstić information content (AvgIpc) is 3.29. The third-order valence-electron chi connectivity index (χ3n) is 4.88. The molecule has 0 aliphatic heterocycles. The van der Waals surface area contributed by atoms with Crippen molar-refractivity contribution in [3.05, 3.63) is 88.0 Å². The van der Waals surface area contributed by atoms with Crippen molar-refractivity contribution >= 4 is 40.6 Å². The maximum Gasteiger partial charge on any atom is 0.335 e. The van der Waals surface area contributed by atoms with E-state index in [9.17, 15) is 9.59 Å². The number of hydrogen-bond acceptors (Lipinski definition) is 6. The maximum absolute atomic E-state index is 12.4. The van der Waals surface area contributed by atoms with E-state index < -0.39 is 5.97 Å². The molecule has 0 amide bonds. The SMILES string of the molecule is O=C(O)c1ccc(C(=O)CCNc2ccnc(-c3cc(-c4c(Cl)cccc4Cl)no3)c2)cc1. The molecule has 0 saturated heterocycles. The number of carbonyl (C=O) groups is 2. The molecule has 0 atom stereocenters. The normalized spacial score (nSPS) is 10.7. The van der Waals surface area contributed by atoms with E-state index in [0.29, 0.717) is 44.9 Å². The van der Waals surface area contributed by atoms with Crippen LogP contribution in [0.3, 0.4) is 0 Å². The molecule has 0 bridgehead atoms. The fourth-order valence-corrected chi connectivity index (χ4v) is 3.79. The van der Waals surface area contributed by atoms with Gasteiger partial charge >= 0.3 is 5.97 Å². The van der Waals surface area contributed by atoms with Crippen LogP contribution in [0.1, 0.15) is 27.1 Å². The van der Waals surface area contributed by atoms with E-state index in [1.807, 2.05) is 0 Å². The van der Waals surface area contributed by atoms with E-state index in [-0.39, 0.29) is 17.8 Å². The lowest BCUT2D eigenvalue weighted by atomic mass is 10.1. The summed E-state index contributed by atoms with van der Waals surface area (Å²) in [4.78, 5) is 27.6. The number of ketones is 1. The first-order valence-corrected chi connectivity index (χ1v) is 10.7. The number of pyridine rings is 1. The molecule has 4 rings (SSSR count). The lowest BCUT2D eigenvalue weighted by Gasteiger charge is -2.07. The monoisotopic (exact) mass is 481 g/mol. The van der Waals surface area contributed by atoms with Gasteiger partial charge in [-0.2, -0.15) is 0 Å². The number of anilines is 1. The molecule has 166 valence electrons. The van der Waals surface area contributed by atoms with Crippen LogP contribution in [0.25, 0.3) is 22.7 Å². The van der Waals surface area contributed by atoms with Crippen molar-refractivity contribution in [1.82, 2.24) is 10.1 Å². The van der Waals surface area contributed by atoms with Crippen molar-refractivity contribution in [2.45, 2.75) is 6.42 Å². The van der Waals surface area contributed by atoms with Crippen molar-refractivity contribution in [3.8, 4) is 22.7 Å². The summed E-state index contributed by atoms with van der Waals surface area (Å²) in [6, 6.07) is 16.3. The first kappa shape index (κ1) is 22.5. The maximum atomic E-state index is 12.4. The second-order valence-corrected chi connectivity index (χ2v) is 7.90. The highest BCUT2D eigenvalue weighted by Crippen LogP contribution is 2.35. The molecule has 2 aromatic carbocycles. The van der Waals surface area contributed by atoms with Crippen LogP contribution >= 0.6 is 23.2 Å².